The van der Waals surface area contributed by atoms with Gasteiger partial charge in [-0.1, -0.05) is 0 Å². The van der Waals surface area contributed by atoms with Gasteiger partial charge in [0.05, 0.1) is 11.3 Å². The number of aliphatic carboxylic acids is 1. The number of rotatable bonds is 6. The minimum atomic E-state index is -0.904. The van der Waals surface area contributed by atoms with Gasteiger partial charge in [0.25, 0.3) is 5.69 Å². The average Bonchev–Trinajstić information content (AvgIpc) is 2.75. The van der Waals surface area contributed by atoms with Crippen molar-refractivity contribution in [1.29, 1.82) is 0 Å². The van der Waals surface area contributed by atoms with Gasteiger partial charge in [-0.25, -0.2) is 0 Å². The topological polar surface area (TPSA) is 113 Å². The van der Waals surface area contributed by atoms with Gasteiger partial charge in [-0.3, -0.25) is 19.7 Å². The van der Waals surface area contributed by atoms with Crippen LogP contribution in [0, 0.1) is 10.1 Å². The Kier molecular flexibility index (Phi) is 4.06. The number of hydrogen-bond acceptors (Lipinski definition) is 5. The van der Waals surface area contributed by atoms with Gasteiger partial charge in [0.1, 0.15) is 5.69 Å². The number of carboxylic acid groups (broad SMARTS) is 1. The molecule has 0 atom stereocenters. The van der Waals surface area contributed by atoms with E-state index in [9.17, 15) is 19.7 Å². The predicted octanol–water partition coefficient (Wildman–Crippen LogP) is 1.39. The van der Waals surface area contributed by atoms with E-state index in [0.29, 0.717) is 29.9 Å². The summed E-state index contributed by atoms with van der Waals surface area (Å²) in [6.07, 6.45) is 0.519. The second-order valence-corrected chi connectivity index (χ2v) is 4.90. The molecule has 1 aliphatic heterocycles. The Balaban J connectivity index is 2.25. The maximum atomic E-state index is 11.3. The van der Waals surface area contributed by atoms with Crippen molar-refractivity contribution in [2.45, 2.75) is 19.3 Å². The number of carboxylic acids is 1. The number of benzene rings is 1. The van der Waals surface area contributed by atoms with Crippen LogP contribution in [-0.2, 0) is 16.0 Å². The van der Waals surface area contributed by atoms with Gasteiger partial charge in [-0.2, -0.15) is 0 Å². The summed E-state index contributed by atoms with van der Waals surface area (Å²) < 4.78 is 0. The lowest BCUT2D eigenvalue weighted by Gasteiger charge is -2.19. The third kappa shape index (κ3) is 3.28. The van der Waals surface area contributed by atoms with E-state index >= 15 is 0 Å². The molecule has 1 aliphatic rings. The molecule has 1 heterocycles. The Bertz CT molecular complexity index is 614. The molecule has 8 heteroatoms. The maximum Gasteiger partial charge on any atom is 0.303 e. The van der Waals surface area contributed by atoms with E-state index in [4.69, 9.17) is 5.11 Å². The molecule has 0 aliphatic carbocycles. The fraction of sp³-hybridized carbons (Fsp3) is 0.385. The fourth-order valence-electron chi connectivity index (χ4n) is 2.29. The van der Waals surface area contributed by atoms with E-state index in [1.807, 2.05) is 0 Å². The summed E-state index contributed by atoms with van der Waals surface area (Å²) in [6.45, 7) is 0.375. The SMILES string of the molecule is CN(CCCC(=O)O)c1cc2c(cc1[N+](=O)[O-])CC(=O)N2. The Hall–Kier alpha value is -2.64. The molecule has 0 saturated carbocycles. The molecule has 2 rings (SSSR count). The number of amides is 1. The van der Waals surface area contributed by atoms with Crippen LogP contribution in [0.2, 0.25) is 0 Å². The molecule has 21 heavy (non-hydrogen) atoms. The lowest BCUT2D eigenvalue weighted by Crippen LogP contribution is -2.20. The smallest absolute Gasteiger partial charge is 0.303 e. The third-order valence-electron chi connectivity index (χ3n) is 3.32. The first-order valence-electron chi connectivity index (χ1n) is 6.42. The molecule has 0 bridgehead atoms. The van der Waals surface area contributed by atoms with Crippen molar-refractivity contribution in [3.63, 3.8) is 0 Å². The van der Waals surface area contributed by atoms with Gasteiger partial charge in [0.2, 0.25) is 5.91 Å². The Morgan fingerprint density at radius 2 is 2.24 bits per heavy atom. The molecule has 0 fully saturated rings. The molecule has 2 N–H and O–H groups in total. The van der Waals surface area contributed by atoms with Crippen LogP contribution in [0.25, 0.3) is 0 Å². The first-order valence-corrected chi connectivity index (χ1v) is 6.42. The van der Waals surface area contributed by atoms with Crippen molar-refractivity contribution in [2.24, 2.45) is 0 Å². The van der Waals surface area contributed by atoms with Crippen molar-refractivity contribution >= 4 is 28.9 Å². The summed E-state index contributed by atoms with van der Waals surface area (Å²) in [6, 6.07) is 2.97. The van der Waals surface area contributed by atoms with Crippen molar-refractivity contribution in [3.8, 4) is 0 Å². The van der Waals surface area contributed by atoms with Crippen molar-refractivity contribution in [2.75, 3.05) is 23.8 Å². The van der Waals surface area contributed by atoms with Crippen molar-refractivity contribution in [1.82, 2.24) is 0 Å². The highest BCUT2D eigenvalue weighted by molar-refractivity contribution is 6.00. The van der Waals surface area contributed by atoms with Gasteiger partial charge in [-0.15, -0.1) is 0 Å². The van der Waals surface area contributed by atoms with E-state index in [-0.39, 0.29) is 24.4 Å². The second kappa shape index (κ2) is 5.78. The summed E-state index contributed by atoms with van der Waals surface area (Å²) in [5.74, 6) is -1.09. The summed E-state index contributed by atoms with van der Waals surface area (Å²) in [5.41, 5.74) is 1.47. The zero-order chi connectivity index (χ0) is 15.6. The highest BCUT2D eigenvalue weighted by Gasteiger charge is 2.26. The molecule has 1 aromatic carbocycles. The lowest BCUT2D eigenvalue weighted by atomic mass is 10.1. The van der Waals surface area contributed by atoms with E-state index < -0.39 is 10.9 Å². The number of carbonyl (C=O) groups is 2. The number of nitrogens with one attached hydrogen (secondary N) is 1. The number of nitro groups is 1. The van der Waals surface area contributed by atoms with Crippen molar-refractivity contribution < 1.29 is 19.6 Å². The van der Waals surface area contributed by atoms with E-state index in [1.54, 1.807) is 18.0 Å². The first-order chi connectivity index (χ1) is 9.88. The number of hydrogen-bond donors (Lipinski definition) is 2. The fourth-order valence-corrected chi connectivity index (χ4v) is 2.29. The lowest BCUT2D eigenvalue weighted by molar-refractivity contribution is -0.384. The van der Waals surface area contributed by atoms with Gasteiger partial charge in [-0.05, 0) is 18.1 Å². The van der Waals surface area contributed by atoms with E-state index in [1.165, 1.54) is 6.07 Å². The third-order valence-corrected chi connectivity index (χ3v) is 3.32. The van der Waals surface area contributed by atoms with Gasteiger partial charge in [0.15, 0.2) is 0 Å². The Morgan fingerprint density at radius 3 is 2.86 bits per heavy atom. The molecule has 1 aromatic rings. The highest BCUT2D eigenvalue weighted by Crippen LogP contribution is 2.36. The van der Waals surface area contributed by atoms with Crippen LogP contribution in [0.5, 0.6) is 0 Å². The van der Waals surface area contributed by atoms with E-state index in [0.717, 1.165) is 0 Å². The minimum absolute atomic E-state index is 0.000184. The standard InChI is InChI=1S/C13H15N3O5/c1-15(4-2-3-13(18)19)10-7-9-8(6-12(17)14-9)5-11(10)16(20)21/h5,7H,2-4,6H2,1H3,(H,14,17)(H,18,19). The first kappa shape index (κ1) is 14.8. The molecule has 112 valence electrons. The van der Waals surface area contributed by atoms with Crippen LogP contribution in [-0.4, -0.2) is 35.5 Å². The zero-order valence-electron chi connectivity index (χ0n) is 11.5. The molecule has 1 amide bonds. The van der Waals surface area contributed by atoms with Crippen LogP contribution in [0.15, 0.2) is 12.1 Å². The predicted molar refractivity (Wildman–Crippen MR) is 75.6 cm³/mol. The zero-order valence-corrected chi connectivity index (χ0v) is 11.5. The minimum Gasteiger partial charge on any atom is -0.481 e. The van der Waals surface area contributed by atoms with Gasteiger partial charge < -0.3 is 15.3 Å². The summed E-state index contributed by atoms with van der Waals surface area (Å²) in [4.78, 5) is 34.2. The second-order valence-electron chi connectivity index (χ2n) is 4.90. The largest absolute Gasteiger partial charge is 0.481 e. The summed E-state index contributed by atoms with van der Waals surface area (Å²) >= 11 is 0. The number of carbonyl (C=O) groups excluding carboxylic acids is 1. The molecule has 0 aromatic heterocycles. The average molecular weight is 293 g/mol. The number of nitrogens with zero attached hydrogens (tertiary/aromatic N) is 2. The van der Waals surface area contributed by atoms with Crippen molar-refractivity contribution in [3.05, 3.63) is 27.8 Å². The molecule has 0 radical (unpaired) electrons. The van der Waals surface area contributed by atoms with Crippen LogP contribution < -0.4 is 10.2 Å². The molecule has 0 unspecified atom stereocenters. The molecular formula is C13H15N3O5. The monoisotopic (exact) mass is 293 g/mol. The number of anilines is 2. The van der Waals surface area contributed by atoms with Crippen LogP contribution >= 0.6 is 0 Å². The molecule has 8 nitrogen and oxygen atoms in total. The van der Waals surface area contributed by atoms with Gasteiger partial charge >= 0.3 is 5.97 Å². The maximum absolute atomic E-state index is 11.3. The quantitative estimate of drug-likeness (QED) is 0.605. The molecular weight excluding hydrogens is 278 g/mol. The normalized spacial score (nSPS) is 12.7. The highest BCUT2D eigenvalue weighted by atomic mass is 16.6. The van der Waals surface area contributed by atoms with Crippen LogP contribution in [0.3, 0.4) is 0 Å². The van der Waals surface area contributed by atoms with Crippen LogP contribution in [0.4, 0.5) is 17.1 Å². The Morgan fingerprint density at radius 1 is 1.52 bits per heavy atom. The van der Waals surface area contributed by atoms with E-state index in [2.05, 4.69) is 5.32 Å². The molecule has 0 spiro atoms. The summed E-state index contributed by atoms with van der Waals surface area (Å²) in [5, 5.41) is 22.4. The van der Waals surface area contributed by atoms with Gasteiger partial charge in [0, 0.05) is 31.8 Å². The molecule has 0 saturated heterocycles. The number of nitro benzene ring substituents is 1. The Labute approximate surface area is 120 Å². The number of fused-ring (bicyclic) bond motifs is 1. The van der Waals surface area contributed by atoms with Crippen LogP contribution in [0.1, 0.15) is 18.4 Å². The summed E-state index contributed by atoms with van der Waals surface area (Å²) in [7, 11) is 1.66.